The number of pyridine rings is 1. The van der Waals surface area contributed by atoms with E-state index in [1.807, 2.05) is 48.5 Å². The summed E-state index contributed by atoms with van der Waals surface area (Å²) in [7, 11) is 0. The molecule has 215 valence electrons. The Labute approximate surface area is 250 Å². The fourth-order valence-electron chi connectivity index (χ4n) is 7.57. The van der Waals surface area contributed by atoms with Gasteiger partial charge in [0.25, 0.3) is 0 Å². The maximum Gasteiger partial charge on any atom is 0.0651 e. The zero-order valence-corrected chi connectivity index (χ0v) is 26.7. The number of benzene rings is 2. The standard InChI is InChI=1S/C20H38O2.C15H10N.Ir/c1-5-19(6-2)13-9-11-15-12-10-14-20(7-3,8-4)18(22)16(15)17(19)21;1-2-6-12(7-3-1)15-11-10-13-8-4-5-9-14(13)16-15;/h15-18,21-22H,5-14H2,1-4H3;1-6,8-11H;/q;-1;. The molecule has 2 aliphatic rings. The van der Waals surface area contributed by atoms with Crippen molar-refractivity contribution in [1.82, 2.24) is 4.98 Å². The van der Waals surface area contributed by atoms with Crippen LogP contribution < -0.4 is 0 Å². The number of nitrogens with zero attached hydrogens (tertiary/aromatic N) is 1. The van der Waals surface area contributed by atoms with E-state index in [1.54, 1.807) is 0 Å². The largest absolute Gasteiger partial charge is 0.392 e. The first-order chi connectivity index (χ1) is 18.4. The summed E-state index contributed by atoms with van der Waals surface area (Å²) < 4.78 is 0. The number of aliphatic hydroxyl groups excluding tert-OH is 2. The molecule has 2 unspecified atom stereocenters. The number of rotatable bonds is 5. The molecule has 2 saturated carbocycles. The van der Waals surface area contributed by atoms with E-state index in [0.29, 0.717) is 5.92 Å². The number of para-hydroxylation sites is 1. The first kappa shape index (κ1) is 31.9. The molecule has 0 spiro atoms. The van der Waals surface area contributed by atoms with Crippen LogP contribution in [-0.2, 0) is 20.1 Å². The van der Waals surface area contributed by atoms with Crippen molar-refractivity contribution >= 4 is 10.9 Å². The normalized spacial score (nSPS) is 25.7. The summed E-state index contributed by atoms with van der Waals surface area (Å²) in [5, 5.41) is 23.9. The van der Waals surface area contributed by atoms with Gasteiger partial charge in [0.15, 0.2) is 0 Å². The van der Waals surface area contributed by atoms with Crippen LogP contribution in [0.5, 0.6) is 0 Å². The molecule has 2 aliphatic carbocycles. The second-order valence-electron chi connectivity index (χ2n) is 11.8. The summed E-state index contributed by atoms with van der Waals surface area (Å²) in [5.41, 5.74) is 3.08. The fraction of sp³-hybridized carbons (Fsp3) is 0.571. The summed E-state index contributed by atoms with van der Waals surface area (Å²) in [6, 6.07) is 23.4. The molecule has 1 aromatic heterocycles. The molecule has 2 fully saturated rings. The van der Waals surface area contributed by atoms with Gasteiger partial charge in [-0.3, -0.25) is 4.98 Å². The van der Waals surface area contributed by atoms with Crippen LogP contribution in [0.3, 0.4) is 0 Å². The van der Waals surface area contributed by atoms with Gasteiger partial charge in [0, 0.05) is 26.0 Å². The van der Waals surface area contributed by atoms with Crippen molar-refractivity contribution < 1.29 is 30.3 Å². The maximum absolute atomic E-state index is 11.4. The Morgan fingerprint density at radius 2 is 1.33 bits per heavy atom. The average Bonchev–Trinajstić information content (AvgIpc) is 3.20. The molecule has 39 heavy (non-hydrogen) atoms. The quantitative estimate of drug-likeness (QED) is 0.262. The van der Waals surface area contributed by atoms with E-state index >= 15 is 0 Å². The van der Waals surface area contributed by atoms with E-state index in [2.05, 4.69) is 50.9 Å². The summed E-state index contributed by atoms with van der Waals surface area (Å²) in [5.74, 6) is 0.606. The number of hydrogen-bond donors (Lipinski definition) is 2. The molecular formula is C35H48IrNO2-. The molecule has 0 bridgehead atoms. The molecule has 2 atom stereocenters. The van der Waals surface area contributed by atoms with Gasteiger partial charge in [-0.25, -0.2) is 0 Å². The number of aliphatic hydroxyl groups is 2. The second kappa shape index (κ2) is 14.4. The van der Waals surface area contributed by atoms with E-state index in [4.69, 9.17) is 0 Å². The van der Waals surface area contributed by atoms with Gasteiger partial charge in [0.1, 0.15) is 0 Å². The van der Waals surface area contributed by atoms with Crippen molar-refractivity contribution in [3.8, 4) is 11.3 Å². The Morgan fingerprint density at radius 1 is 0.769 bits per heavy atom. The maximum atomic E-state index is 11.4. The number of fused-ring (bicyclic) bond motifs is 2. The van der Waals surface area contributed by atoms with Gasteiger partial charge in [-0.2, -0.15) is 0 Å². The van der Waals surface area contributed by atoms with Gasteiger partial charge in [-0.15, -0.1) is 35.9 Å². The van der Waals surface area contributed by atoms with E-state index in [9.17, 15) is 10.2 Å². The predicted molar refractivity (Wildman–Crippen MR) is 159 cm³/mol. The van der Waals surface area contributed by atoms with Crippen LogP contribution in [0.2, 0.25) is 0 Å². The van der Waals surface area contributed by atoms with Gasteiger partial charge in [0.05, 0.1) is 17.7 Å². The Bertz CT molecular complexity index is 1110. The Morgan fingerprint density at radius 3 is 1.87 bits per heavy atom. The Balaban J connectivity index is 0.000000219. The van der Waals surface area contributed by atoms with Crippen LogP contribution in [0.1, 0.15) is 91.9 Å². The zero-order chi connectivity index (χ0) is 27.2. The minimum Gasteiger partial charge on any atom is -0.392 e. The first-order valence-corrected chi connectivity index (χ1v) is 15.1. The molecule has 0 saturated heterocycles. The Hall–Kier alpha value is -1.58. The fourth-order valence-corrected chi connectivity index (χ4v) is 7.57. The molecule has 0 aliphatic heterocycles. The van der Waals surface area contributed by atoms with Crippen molar-refractivity contribution in [1.29, 1.82) is 0 Å². The SMILES string of the molecule is CCC1(CC)CCCC2CCCC(CC)(CC)C(O)C2C1O.[Ir].[c-]1ccccc1-c1ccc2ccccc2n1. The summed E-state index contributed by atoms with van der Waals surface area (Å²) >= 11 is 0. The van der Waals surface area contributed by atoms with Crippen molar-refractivity contribution in [2.75, 3.05) is 0 Å². The van der Waals surface area contributed by atoms with Crippen LogP contribution >= 0.6 is 0 Å². The molecule has 2 N–H and O–H groups in total. The molecule has 2 aromatic carbocycles. The third-order valence-corrected chi connectivity index (χ3v) is 10.4. The zero-order valence-electron chi connectivity index (χ0n) is 24.3. The van der Waals surface area contributed by atoms with Crippen LogP contribution in [0.4, 0.5) is 0 Å². The average molecular weight is 707 g/mol. The van der Waals surface area contributed by atoms with Crippen LogP contribution in [0, 0.1) is 28.7 Å². The third-order valence-electron chi connectivity index (χ3n) is 10.4. The smallest absolute Gasteiger partial charge is 0.0651 e. The molecule has 1 heterocycles. The molecule has 4 heteroatoms. The van der Waals surface area contributed by atoms with Gasteiger partial charge < -0.3 is 10.2 Å². The van der Waals surface area contributed by atoms with E-state index < -0.39 is 0 Å². The number of hydrogen-bond acceptors (Lipinski definition) is 3. The minimum atomic E-state index is -0.333. The molecular weight excluding hydrogens is 659 g/mol. The van der Waals surface area contributed by atoms with Gasteiger partial charge in [-0.1, -0.05) is 70.9 Å². The van der Waals surface area contributed by atoms with Crippen molar-refractivity contribution in [2.24, 2.45) is 22.7 Å². The summed E-state index contributed by atoms with van der Waals surface area (Å²) in [6.45, 7) is 8.90. The van der Waals surface area contributed by atoms with Gasteiger partial charge >= 0.3 is 0 Å². The van der Waals surface area contributed by atoms with E-state index in [1.165, 1.54) is 31.1 Å². The number of aromatic nitrogens is 1. The molecule has 3 aromatic rings. The summed E-state index contributed by atoms with van der Waals surface area (Å²) in [4.78, 5) is 4.61. The minimum absolute atomic E-state index is 0. The molecule has 5 rings (SSSR count). The van der Waals surface area contributed by atoms with Crippen molar-refractivity contribution in [2.45, 2.75) is 104 Å². The second-order valence-corrected chi connectivity index (χ2v) is 11.8. The first-order valence-electron chi connectivity index (χ1n) is 15.1. The molecule has 3 nitrogen and oxygen atoms in total. The van der Waals surface area contributed by atoms with Crippen LogP contribution in [-0.4, -0.2) is 27.4 Å². The van der Waals surface area contributed by atoms with Gasteiger partial charge in [-0.05, 0) is 85.3 Å². The topological polar surface area (TPSA) is 53.4 Å². The van der Waals surface area contributed by atoms with Crippen molar-refractivity contribution in [3.05, 3.63) is 66.7 Å². The third kappa shape index (κ3) is 6.67. The molecule has 1 radical (unpaired) electrons. The monoisotopic (exact) mass is 707 g/mol. The van der Waals surface area contributed by atoms with Crippen LogP contribution in [0.15, 0.2) is 60.7 Å². The van der Waals surface area contributed by atoms with Gasteiger partial charge in [0.2, 0.25) is 0 Å². The van der Waals surface area contributed by atoms with E-state index in [0.717, 1.165) is 55.3 Å². The Kier molecular flexibility index (Phi) is 11.8. The molecule has 0 amide bonds. The predicted octanol–water partition coefficient (Wildman–Crippen LogP) is 8.62. The summed E-state index contributed by atoms with van der Waals surface area (Å²) in [6.07, 6.45) is 10.6. The van der Waals surface area contributed by atoms with E-state index in [-0.39, 0.29) is 49.1 Å². The van der Waals surface area contributed by atoms with Crippen molar-refractivity contribution in [3.63, 3.8) is 0 Å². The van der Waals surface area contributed by atoms with Crippen LogP contribution in [0.25, 0.3) is 22.2 Å².